The lowest BCUT2D eigenvalue weighted by Crippen LogP contribution is -2.15. The first-order valence-corrected chi connectivity index (χ1v) is 9.10. The highest BCUT2D eigenvalue weighted by atomic mass is 16.2. The predicted octanol–water partition coefficient (Wildman–Crippen LogP) is 3.48. The highest BCUT2D eigenvalue weighted by molar-refractivity contribution is 6.07. The molecule has 0 radical (unpaired) electrons. The summed E-state index contributed by atoms with van der Waals surface area (Å²) < 4.78 is 0. The van der Waals surface area contributed by atoms with Gasteiger partial charge in [0.05, 0.1) is 5.69 Å². The van der Waals surface area contributed by atoms with E-state index in [1.807, 2.05) is 13.0 Å². The molecule has 1 aromatic carbocycles. The lowest BCUT2D eigenvalue weighted by Gasteiger charge is -2.08. The highest BCUT2D eigenvalue weighted by Crippen LogP contribution is 2.24. The van der Waals surface area contributed by atoms with Crippen LogP contribution >= 0.6 is 0 Å². The Morgan fingerprint density at radius 3 is 2.61 bits per heavy atom. The van der Waals surface area contributed by atoms with Crippen molar-refractivity contribution < 1.29 is 9.59 Å². The molecule has 0 fully saturated rings. The van der Waals surface area contributed by atoms with Gasteiger partial charge in [-0.05, 0) is 44.0 Å². The SMILES string of the molecule is CCCc1c(C(=O)Nc2cccc(-c3ccc(=O)[nH]n3)c2)[nH]c(C)c1C(C)=O. The highest BCUT2D eigenvalue weighted by Gasteiger charge is 2.22. The molecule has 0 aliphatic heterocycles. The van der Waals surface area contributed by atoms with Gasteiger partial charge in [-0.3, -0.25) is 14.4 Å². The lowest BCUT2D eigenvalue weighted by molar-refractivity contribution is 0.101. The summed E-state index contributed by atoms with van der Waals surface area (Å²) in [5.74, 6) is -0.354. The molecule has 0 atom stereocenters. The number of nitrogens with one attached hydrogen (secondary N) is 3. The number of carbonyl (C=O) groups is 2. The van der Waals surface area contributed by atoms with Crippen molar-refractivity contribution in [3.05, 3.63) is 69.3 Å². The number of benzene rings is 1. The van der Waals surface area contributed by atoms with Gasteiger partial charge < -0.3 is 10.3 Å². The topological polar surface area (TPSA) is 108 Å². The Balaban J connectivity index is 1.91. The van der Waals surface area contributed by atoms with Gasteiger partial charge >= 0.3 is 0 Å². The predicted molar refractivity (Wildman–Crippen MR) is 108 cm³/mol. The van der Waals surface area contributed by atoms with Gasteiger partial charge in [-0.1, -0.05) is 25.5 Å². The molecule has 0 saturated heterocycles. The zero-order chi connectivity index (χ0) is 20.3. The number of H-pyrrole nitrogens is 2. The van der Waals surface area contributed by atoms with Crippen LogP contribution in [0.3, 0.4) is 0 Å². The maximum Gasteiger partial charge on any atom is 0.272 e. The average molecular weight is 378 g/mol. The van der Waals surface area contributed by atoms with Gasteiger partial charge in [-0.2, -0.15) is 5.10 Å². The van der Waals surface area contributed by atoms with E-state index in [2.05, 4.69) is 20.5 Å². The van der Waals surface area contributed by atoms with E-state index in [4.69, 9.17) is 0 Å². The summed E-state index contributed by atoms with van der Waals surface area (Å²) in [6.07, 6.45) is 1.47. The molecule has 3 rings (SSSR count). The molecule has 144 valence electrons. The third kappa shape index (κ3) is 3.93. The second-order valence-corrected chi connectivity index (χ2v) is 6.63. The van der Waals surface area contributed by atoms with E-state index in [0.29, 0.717) is 34.8 Å². The number of carbonyl (C=O) groups excluding carboxylic acids is 2. The summed E-state index contributed by atoms with van der Waals surface area (Å²) in [5, 5.41) is 9.28. The quantitative estimate of drug-likeness (QED) is 0.571. The Morgan fingerprint density at radius 1 is 1.18 bits per heavy atom. The normalized spacial score (nSPS) is 10.7. The first-order chi connectivity index (χ1) is 13.4. The van der Waals surface area contributed by atoms with Crippen LogP contribution in [0.5, 0.6) is 0 Å². The number of Topliss-reactive ketones (excluding diaryl/α,β-unsaturated/α-hetero) is 1. The second-order valence-electron chi connectivity index (χ2n) is 6.63. The molecule has 0 saturated carbocycles. The molecule has 0 aliphatic rings. The van der Waals surface area contributed by atoms with Gasteiger partial charge in [0.25, 0.3) is 11.5 Å². The molecule has 1 amide bonds. The van der Waals surface area contributed by atoms with Gasteiger partial charge in [0.15, 0.2) is 5.78 Å². The zero-order valence-corrected chi connectivity index (χ0v) is 16.1. The monoisotopic (exact) mass is 378 g/mol. The number of ketones is 1. The fourth-order valence-corrected chi connectivity index (χ4v) is 3.30. The Hall–Kier alpha value is -3.48. The Morgan fingerprint density at radius 2 is 1.96 bits per heavy atom. The third-order valence-corrected chi connectivity index (χ3v) is 4.47. The van der Waals surface area contributed by atoms with Gasteiger partial charge in [-0.15, -0.1) is 0 Å². The van der Waals surface area contributed by atoms with Crippen LogP contribution in [0.15, 0.2) is 41.2 Å². The summed E-state index contributed by atoms with van der Waals surface area (Å²) in [6, 6.07) is 10.2. The van der Waals surface area contributed by atoms with Crippen molar-refractivity contribution in [2.75, 3.05) is 5.32 Å². The number of anilines is 1. The number of aromatic amines is 2. The molecule has 0 aliphatic carbocycles. The van der Waals surface area contributed by atoms with E-state index in [1.54, 1.807) is 31.2 Å². The van der Waals surface area contributed by atoms with Gasteiger partial charge in [-0.25, -0.2) is 5.10 Å². The largest absolute Gasteiger partial charge is 0.354 e. The number of hydrogen-bond acceptors (Lipinski definition) is 4. The summed E-state index contributed by atoms with van der Waals surface area (Å²) in [6.45, 7) is 5.32. The smallest absolute Gasteiger partial charge is 0.272 e. The maximum atomic E-state index is 12.9. The summed E-state index contributed by atoms with van der Waals surface area (Å²) in [5.41, 5.74) is 4.13. The molecule has 2 aromatic heterocycles. The fourth-order valence-electron chi connectivity index (χ4n) is 3.30. The van der Waals surface area contributed by atoms with E-state index >= 15 is 0 Å². The van der Waals surface area contributed by atoms with Gasteiger partial charge in [0.1, 0.15) is 5.69 Å². The third-order valence-electron chi connectivity index (χ3n) is 4.47. The summed E-state index contributed by atoms with van der Waals surface area (Å²) >= 11 is 0. The number of amides is 1. The fraction of sp³-hybridized carbons (Fsp3) is 0.238. The number of hydrogen-bond donors (Lipinski definition) is 3. The molecule has 3 N–H and O–H groups in total. The molecule has 0 spiro atoms. The minimum atomic E-state index is -0.300. The minimum Gasteiger partial charge on any atom is -0.354 e. The van der Waals surface area contributed by atoms with E-state index in [-0.39, 0.29) is 17.2 Å². The molecule has 0 unspecified atom stereocenters. The van der Waals surface area contributed by atoms with Crippen molar-refractivity contribution in [2.45, 2.75) is 33.6 Å². The Kier molecular flexibility index (Phi) is 5.54. The van der Waals surface area contributed by atoms with Crippen molar-refractivity contribution in [3.63, 3.8) is 0 Å². The van der Waals surface area contributed by atoms with E-state index in [0.717, 1.165) is 17.5 Å². The molecule has 28 heavy (non-hydrogen) atoms. The molecule has 0 bridgehead atoms. The number of nitrogens with zero attached hydrogens (tertiary/aromatic N) is 1. The van der Waals surface area contributed by atoms with Crippen LogP contribution in [-0.2, 0) is 6.42 Å². The van der Waals surface area contributed by atoms with Gasteiger partial charge in [0.2, 0.25) is 0 Å². The molecule has 3 aromatic rings. The zero-order valence-electron chi connectivity index (χ0n) is 16.1. The molecule has 7 nitrogen and oxygen atoms in total. The first kappa shape index (κ1) is 19.3. The number of aryl methyl sites for hydroxylation is 1. The maximum absolute atomic E-state index is 12.9. The first-order valence-electron chi connectivity index (χ1n) is 9.10. The van der Waals surface area contributed by atoms with Gasteiger partial charge in [0, 0.05) is 28.6 Å². The summed E-state index contributed by atoms with van der Waals surface area (Å²) in [7, 11) is 0. The van der Waals surface area contributed by atoms with Crippen molar-refractivity contribution in [1.82, 2.24) is 15.2 Å². The van der Waals surface area contributed by atoms with Crippen LogP contribution in [0.4, 0.5) is 5.69 Å². The van der Waals surface area contributed by atoms with Crippen LogP contribution in [0, 0.1) is 6.92 Å². The molecular formula is C21H22N4O3. The van der Waals surface area contributed by atoms with E-state index in [1.165, 1.54) is 13.0 Å². The number of aromatic nitrogens is 3. The van der Waals surface area contributed by atoms with Crippen LogP contribution < -0.4 is 10.9 Å². The Bertz CT molecular complexity index is 1070. The lowest BCUT2D eigenvalue weighted by atomic mass is 10.0. The molecular weight excluding hydrogens is 356 g/mol. The molecule has 2 heterocycles. The van der Waals surface area contributed by atoms with Crippen LogP contribution in [0.2, 0.25) is 0 Å². The van der Waals surface area contributed by atoms with E-state index in [9.17, 15) is 14.4 Å². The summed E-state index contributed by atoms with van der Waals surface area (Å²) in [4.78, 5) is 39.1. The van der Waals surface area contributed by atoms with Crippen molar-refractivity contribution in [2.24, 2.45) is 0 Å². The van der Waals surface area contributed by atoms with Crippen LogP contribution in [-0.4, -0.2) is 26.9 Å². The molecule has 7 heteroatoms. The van der Waals surface area contributed by atoms with E-state index < -0.39 is 0 Å². The second kappa shape index (κ2) is 8.04. The van der Waals surface area contributed by atoms with Crippen molar-refractivity contribution in [3.8, 4) is 11.3 Å². The minimum absolute atomic E-state index is 0.0533. The number of rotatable bonds is 6. The Labute approximate surface area is 162 Å². The average Bonchev–Trinajstić information content (AvgIpc) is 2.99. The van der Waals surface area contributed by atoms with Crippen molar-refractivity contribution >= 4 is 17.4 Å². The van der Waals surface area contributed by atoms with Crippen molar-refractivity contribution in [1.29, 1.82) is 0 Å². The van der Waals surface area contributed by atoms with Crippen LogP contribution in [0.1, 0.15) is 52.4 Å². The standard InChI is InChI=1S/C21H22N4O3/c1-4-6-16-19(13(3)26)12(2)22-20(16)21(28)23-15-8-5-7-14(11-15)17-9-10-18(27)25-24-17/h5,7-11,22H,4,6H2,1-3H3,(H,23,28)(H,25,27). The van der Waals surface area contributed by atoms with Crippen LogP contribution in [0.25, 0.3) is 11.3 Å².